The van der Waals surface area contributed by atoms with E-state index < -0.39 is 0 Å². The molecule has 96 valence electrons. The van der Waals surface area contributed by atoms with Crippen LogP contribution in [-0.2, 0) is 0 Å². The molecule has 2 aliphatic rings. The first-order valence-electron chi connectivity index (χ1n) is 6.75. The lowest BCUT2D eigenvalue weighted by atomic mass is 9.98. The van der Waals surface area contributed by atoms with Crippen molar-refractivity contribution in [2.75, 3.05) is 0 Å². The van der Waals surface area contributed by atoms with Crippen molar-refractivity contribution >= 4 is 0 Å². The Bertz CT molecular complexity index is 564. The molecule has 0 aromatic rings. The molecule has 0 atom stereocenters. The maximum atomic E-state index is 2.27. The van der Waals surface area contributed by atoms with Crippen LogP contribution in [-0.4, -0.2) is 0 Å². The highest BCUT2D eigenvalue weighted by atomic mass is 14.3. The molecule has 0 bridgehead atoms. The van der Waals surface area contributed by atoms with Gasteiger partial charge in [-0.3, -0.25) is 0 Å². The van der Waals surface area contributed by atoms with E-state index in [4.69, 9.17) is 0 Å². The molecule has 2 rings (SSSR count). The van der Waals surface area contributed by atoms with E-state index >= 15 is 0 Å². The molecule has 0 fully saturated rings. The molecule has 0 amide bonds. The first-order valence-corrected chi connectivity index (χ1v) is 6.75. The molecule has 0 heteroatoms. The second-order valence-electron chi connectivity index (χ2n) is 5.75. The standard InChI is InChI=1S/C18H24/c1-9-10(2)13(5)17-15(7)12(4)16(8)18(17)14(6)11(9)3/h1-8H3. The molecule has 0 N–H and O–H groups in total. The minimum Gasteiger partial charge on any atom is -0.0447 e. The molecule has 0 heterocycles. The van der Waals surface area contributed by atoms with Gasteiger partial charge in [-0.2, -0.15) is 0 Å². The van der Waals surface area contributed by atoms with Crippen molar-refractivity contribution < 1.29 is 0 Å². The van der Waals surface area contributed by atoms with Crippen LogP contribution in [0.4, 0.5) is 0 Å². The van der Waals surface area contributed by atoms with E-state index in [1.54, 1.807) is 0 Å². The second kappa shape index (κ2) is 4.12. The summed E-state index contributed by atoms with van der Waals surface area (Å²) in [6.07, 6.45) is 0. The van der Waals surface area contributed by atoms with Gasteiger partial charge in [0.2, 0.25) is 0 Å². The highest BCUT2D eigenvalue weighted by Gasteiger charge is 2.21. The van der Waals surface area contributed by atoms with E-state index in [1.165, 1.54) is 55.6 Å². The fraction of sp³-hybridized carbons (Fsp3) is 0.444. The van der Waals surface area contributed by atoms with Crippen molar-refractivity contribution in [1.82, 2.24) is 0 Å². The maximum Gasteiger partial charge on any atom is -0.0114 e. The third-order valence-electron chi connectivity index (χ3n) is 5.12. The van der Waals surface area contributed by atoms with Gasteiger partial charge < -0.3 is 0 Å². The quantitative estimate of drug-likeness (QED) is 0.589. The minimum absolute atomic E-state index is 1.44. The van der Waals surface area contributed by atoms with Gasteiger partial charge in [-0.05, 0) is 111 Å². The predicted molar refractivity (Wildman–Crippen MR) is 81.0 cm³/mol. The smallest absolute Gasteiger partial charge is 0.0114 e. The molecule has 0 aliphatic heterocycles. The highest BCUT2D eigenvalue weighted by Crippen LogP contribution is 2.42. The van der Waals surface area contributed by atoms with Gasteiger partial charge in [0, 0.05) is 0 Å². The van der Waals surface area contributed by atoms with Gasteiger partial charge in [0.05, 0.1) is 0 Å². The summed E-state index contributed by atoms with van der Waals surface area (Å²) in [7, 11) is 0. The topological polar surface area (TPSA) is 0 Å². The molecule has 2 aliphatic carbocycles. The summed E-state index contributed by atoms with van der Waals surface area (Å²) in [6, 6.07) is 0. The van der Waals surface area contributed by atoms with E-state index in [0.717, 1.165) is 0 Å². The Morgan fingerprint density at radius 1 is 0.278 bits per heavy atom. The zero-order chi connectivity index (χ0) is 13.8. The Hall–Kier alpha value is -1.30. The summed E-state index contributed by atoms with van der Waals surface area (Å²) in [5, 5.41) is 0. The summed E-state index contributed by atoms with van der Waals surface area (Å²) >= 11 is 0. The van der Waals surface area contributed by atoms with Crippen LogP contribution >= 0.6 is 0 Å². The number of hydrogen-bond donors (Lipinski definition) is 0. The number of hydrogen-bond acceptors (Lipinski definition) is 0. The van der Waals surface area contributed by atoms with Gasteiger partial charge in [-0.1, -0.05) is 0 Å². The number of rotatable bonds is 0. The zero-order valence-corrected chi connectivity index (χ0v) is 13.0. The van der Waals surface area contributed by atoms with Crippen molar-refractivity contribution in [2.24, 2.45) is 0 Å². The lowest BCUT2D eigenvalue weighted by Crippen LogP contribution is -1.86. The van der Waals surface area contributed by atoms with E-state index in [1.807, 2.05) is 0 Å². The Morgan fingerprint density at radius 2 is 0.444 bits per heavy atom. The van der Waals surface area contributed by atoms with E-state index in [-0.39, 0.29) is 0 Å². The summed E-state index contributed by atoms with van der Waals surface area (Å²) < 4.78 is 0. The highest BCUT2D eigenvalue weighted by molar-refractivity contribution is 5.84. The summed E-state index contributed by atoms with van der Waals surface area (Å²) in [4.78, 5) is 0. The molecule has 0 nitrogen and oxygen atoms in total. The lowest BCUT2D eigenvalue weighted by Gasteiger charge is -2.06. The second-order valence-corrected chi connectivity index (χ2v) is 5.75. The predicted octanol–water partition coefficient (Wildman–Crippen LogP) is 5.26. The van der Waals surface area contributed by atoms with E-state index in [2.05, 4.69) is 55.4 Å². The van der Waals surface area contributed by atoms with Crippen LogP contribution in [0.2, 0.25) is 0 Å². The van der Waals surface area contributed by atoms with Crippen LogP contribution < -0.4 is 0 Å². The van der Waals surface area contributed by atoms with Crippen LogP contribution in [0.25, 0.3) is 11.1 Å². The normalized spacial score (nSPS) is 11.3. The average Bonchev–Trinajstić information content (AvgIpc) is 2.55. The first kappa shape index (κ1) is 13.1. The molecular weight excluding hydrogens is 216 g/mol. The van der Waals surface area contributed by atoms with Gasteiger partial charge in [0.25, 0.3) is 0 Å². The molecule has 0 spiro atoms. The molecule has 0 unspecified atom stereocenters. The Balaban J connectivity index is 3.14. The van der Waals surface area contributed by atoms with Crippen molar-refractivity contribution in [3.63, 3.8) is 0 Å². The Morgan fingerprint density at radius 3 is 0.722 bits per heavy atom. The first-order chi connectivity index (χ1) is 8.29. The van der Waals surface area contributed by atoms with Crippen LogP contribution in [0.3, 0.4) is 0 Å². The molecule has 0 saturated heterocycles. The summed E-state index contributed by atoms with van der Waals surface area (Å²) in [6.45, 7) is 18.1. The van der Waals surface area contributed by atoms with Crippen molar-refractivity contribution in [3.8, 4) is 11.1 Å². The fourth-order valence-corrected chi connectivity index (χ4v) is 3.19. The fourth-order valence-electron chi connectivity index (χ4n) is 3.19. The van der Waals surface area contributed by atoms with E-state index in [0.29, 0.717) is 0 Å². The van der Waals surface area contributed by atoms with Crippen molar-refractivity contribution in [3.05, 3.63) is 44.5 Å². The largest absolute Gasteiger partial charge is 0.0447 e. The molecule has 0 aromatic carbocycles. The monoisotopic (exact) mass is 240 g/mol. The van der Waals surface area contributed by atoms with Crippen LogP contribution in [0.5, 0.6) is 0 Å². The molecule has 0 radical (unpaired) electrons. The third-order valence-corrected chi connectivity index (χ3v) is 5.12. The van der Waals surface area contributed by atoms with Crippen molar-refractivity contribution in [1.29, 1.82) is 0 Å². The molecule has 0 saturated carbocycles. The zero-order valence-electron chi connectivity index (χ0n) is 13.0. The molecule has 18 heavy (non-hydrogen) atoms. The average molecular weight is 240 g/mol. The Kier molecular flexibility index (Phi) is 3.01. The Labute approximate surface area is 111 Å². The molecule has 0 aromatic heterocycles. The maximum absolute atomic E-state index is 2.27. The van der Waals surface area contributed by atoms with Gasteiger partial charge in [0.15, 0.2) is 0 Å². The van der Waals surface area contributed by atoms with Gasteiger partial charge in [-0.25, -0.2) is 0 Å². The van der Waals surface area contributed by atoms with Gasteiger partial charge in [-0.15, -0.1) is 0 Å². The van der Waals surface area contributed by atoms with Gasteiger partial charge >= 0.3 is 0 Å². The lowest BCUT2D eigenvalue weighted by molar-refractivity contribution is 1.23. The minimum atomic E-state index is 1.44. The number of fused-ring (bicyclic) bond motifs is 1. The summed E-state index contributed by atoms with van der Waals surface area (Å²) in [5.41, 5.74) is 14.6. The summed E-state index contributed by atoms with van der Waals surface area (Å²) in [5.74, 6) is 0. The van der Waals surface area contributed by atoms with Crippen molar-refractivity contribution in [2.45, 2.75) is 55.4 Å². The van der Waals surface area contributed by atoms with E-state index in [9.17, 15) is 0 Å². The van der Waals surface area contributed by atoms with Gasteiger partial charge in [0.1, 0.15) is 0 Å². The van der Waals surface area contributed by atoms with Crippen LogP contribution in [0.1, 0.15) is 44.5 Å². The molecular formula is C18H24. The van der Waals surface area contributed by atoms with Crippen LogP contribution in [0.15, 0.2) is 0 Å². The third kappa shape index (κ3) is 1.51. The van der Waals surface area contributed by atoms with Crippen LogP contribution in [0, 0.1) is 55.4 Å². The SMILES string of the molecule is Cc1c(C)c(C)c2c(C)c(C)c(C)c-2c(C)c1C.